The Kier molecular flexibility index (Phi) is 4.10. The molecule has 6 nitrogen and oxygen atoms in total. The molecule has 3 saturated carbocycles. The minimum atomic E-state index is -1.49. The van der Waals surface area contributed by atoms with Crippen LogP contribution in [0.15, 0.2) is 11.6 Å². The largest absolute Gasteiger partial charge is 0.458 e. The molecule has 0 aromatic heterocycles. The van der Waals surface area contributed by atoms with E-state index in [2.05, 4.69) is 6.92 Å². The molecule has 30 heavy (non-hydrogen) atoms. The maximum atomic E-state index is 13.0. The first kappa shape index (κ1) is 20.4. The van der Waals surface area contributed by atoms with E-state index < -0.39 is 22.8 Å². The summed E-state index contributed by atoms with van der Waals surface area (Å²) in [5.74, 6) is -0.249. The third kappa shape index (κ3) is 2.24. The number of Topliss-reactive ketones (excluding diaryl/α,β-unsaturated/α-hetero) is 1. The van der Waals surface area contributed by atoms with Gasteiger partial charge in [0.05, 0.1) is 6.10 Å². The van der Waals surface area contributed by atoms with E-state index >= 15 is 0 Å². The number of epoxide rings is 1. The van der Waals surface area contributed by atoms with E-state index in [1.54, 1.807) is 0 Å². The number of rotatable bonds is 3. The van der Waals surface area contributed by atoms with Crippen molar-refractivity contribution in [1.29, 1.82) is 0 Å². The van der Waals surface area contributed by atoms with Gasteiger partial charge in [0.25, 0.3) is 0 Å². The van der Waals surface area contributed by atoms with Gasteiger partial charge in [0.15, 0.2) is 12.4 Å². The third-order valence-corrected chi connectivity index (χ3v) is 9.66. The first-order valence-corrected chi connectivity index (χ1v) is 11.3. The number of carbonyl (C=O) groups is 3. The maximum Gasteiger partial charge on any atom is 0.303 e. The number of aliphatic hydroxyl groups is 1. The lowest BCUT2D eigenvalue weighted by Crippen LogP contribution is -2.62. The lowest BCUT2D eigenvalue weighted by molar-refractivity contribution is -0.166. The third-order valence-electron chi connectivity index (χ3n) is 9.66. The number of ether oxygens (including phenoxy) is 2. The zero-order chi connectivity index (χ0) is 21.7. The molecule has 0 radical (unpaired) electrons. The van der Waals surface area contributed by atoms with Gasteiger partial charge in [-0.1, -0.05) is 26.3 Å². The number of ketones is 2. The van der Waals surface area contributed by atoms with Crippen LogP contribution < -0.4 is 0 Å². The second kappa shape index (κ2) is 6.04. The molecule has 1 spiro atoms. The molecule has 0 aromatic carbocycles. The van der Waals surface area contributed by atoms with Crippen molar-refractivity contribution in [2.45, 2.75) is 83.5 Å². The van der Waals surface area contributed by atoms with Crippen molar-refractivity contribution in [3.05, 3.63) is 11.6 Å². The summed E-state index contributed by atoms with van der Waals surface area (Å²) >= 11 is 0. The number of esters is 1. The monoisotopic (exact) mass is 416 g/mol. The fraction of sp³-hybridized carbons (Fsp3) is 0.792. The van der Waals surface area contributed by atoms with Gasteiger partial charge in [0.2, 0.25) is 5.78 Å². The predicted molar refractivity (Wildman–Crippen MR) is 107 cm³/mol. The minimum absolute atomic E-state index is 0.00384. The van der Waals surface area contributed by atoms with Gasteiger partial charge >= 0.3 is 5.97 Å². The van der Waals surface area contributed by atoms with E-state index in [9.17, 15) is 19.5 Å². The van der Waals surface area contributed by atoms with Crippen molar-refractivity contribution < 1.29 is 29.0 Å². The zero-order valence-electron chi connectivity index (χ0n) is 18.3. The highest BCUT2D eigenvalue weighted by molar-refractivity contribution is 5.94. The predicted octanol–water partition coefficient (Wildman–Crippen LogP) is 2.76. The van der Waals surface area contributed by atoms with Gasteiger partial charge in [0, 0.05) is 23.7 Å². The molecule has 4 aliphatic carbocycles. The highest BCUT2D eigenvalue weighted by atomic mass is 16.6. The van der Waals surface area contributed by atoms with Crippen LogP contribution >= 0.6 is 0 Å². The normalized spacial score (nSPS) is 51.1. The second-order valence-electron chi connectivity index (χ2n) is 10.9. The van der Waals surface area contributed by atoms with Gasteiger partial charge in [-0.25, -0.2) is 0 Å². The number of fused-ring (bicyclic) bond motifs is 3. The second-order valence-corrected chi connectivity index (χ2v) is 10.9. The molecule has 8 atom stereocenters. The molecule has 0 bridgehead atoms. The molecule has 0 unspecified atom stereocenters. The SMILES string of the molecule is CC(=O)OCC(=O)[C@@]1(O)CC[C@@H]2[C@@H]3CCC4=CC(=O)[C@H](C)C[C@]4(C)[C@]34O[C@H]4C[C@]21C. The van der Waals surface area contributed by atoms with E-state index in [1.165, 1.54) is 12.5 Å². The Balaban J connectivity index is 1.49. The smallest absolute Gasteiger partial charge is 0.303 e. The highest BCUT2D eigenvalue weighted by Crippen LogP contribution is 2.76. The molecule has 5 rings (SSSR count). The molecule has 164 valence electrons. The lowest BCUT2D eigenvalue weighted by atomic mass is 9.45. The average molecular weight is 417 g/mol. The Hall–Kier alpha value is -1.53. The number of carbonyl (C=O) groups excluding carboxylic acids is 3. The number of hydrogen-bond acceptors (Lipinski definition) is 6. The topological polar surface area (TPSA) is 93.2 Å². The molecule has 1 saturated heterocycles. The van der Waals surface area contributed by atoms with E-state index in [0.29, 0.717) is 12.8 Å². The summed E-state index contributed by atoms with van der Waals surface area (Å²) in [6.07, 6.45) is 6.28. The molecule has 1 aliphatic heterocycles. The summed E-state index contributed by atoms with van der Waals surface area (Å²) in [5, 5.41) is 11.6. The van der Waals surface area contributed by atoms with Crippen LogP contribution in [-0.2, 0) is 23.9 Å². The molecule has 0 amide bonds. The van der Waals surface area contributed by atoms with Gasteiger partial charge in [-0.3, -0.25) is 14.4 Å². The summed E-state index contributed by atoms with van der Waals surface area (Å²) in [6.45, 7) is 7.20. The van der Waals surface area contributed by atoms with Crippen LogP contribution in [0.2, 0.25) is 0 Å². The Bertz CT molecular complexity index is 877. The van der Waals surface area contributed by atoms with Gasteiger partial charge in [-0.15, -0.1) is 0 Å². The Morgan fingerprint density at radius 2 is 1.97 bits per heavy atom. The molecule has 0 aromatic rings. The summed E-state index contributed by atoms with van der Waals surface area (Å²) in [6, 6.07) is 0. The van der Waals surface area contributed by atoms with Gasteiger partial charge in [-0.2, -0.15) is 0 Å². The Labute approximate surface area is 177 Å². The Morgan fingerprint density at radius 1 is 1.23 bits per heavy atom. The molecular formula is C24H32O6. The highest BCUT2D eigenvalue weighted by Gasteiger charge is 2.81. The summed E-state index contributed by atoms with van der Waals surface area (Å²) < 4.78 is 11.5. The van der Waals surface area contributed by atoms with Crippen LogP contribution in [0.5, 0.6) is 0 Å². The van der Waals surface area contributed by atoms with Crippen LogP contribution in [0.4, 0.5) is 0 Å². The minimum Gasteiger partial charge on any atom is -0.458 e. The van der Waals surface area contributed by atoms with Crippen molar-refractivity contribution >= 4 is 17.5 Å². The van der Waals surface area contributed by atoms with Crippen LogP contribution in [-0.4, -0.2) is 46.6 Å². The van der Waals surface area contributed by atoms with Crippen molar-refractivity contribution in [3.8, 4) is 0 Å². The first-order valence-electron chi connectivity index (χ1n) is 11.3. The summed E-state index contributed by atoms with van der Waals surface area (Å²) in [7, 11) is 0. The molecule has 5 aliphatic rings. The van der Waals surface area contributed by atoms with Gasteiger partial charge in [0.1, 0.15) is 11.2 Å². The van der Waals surface area contributed by atoms with E-state index in [4.69, 9.17) is 9.47 Å². The van der Waals surface area contributed by atoms with Crippen LogP contribution in [0.25, 0.3) is 0 Å². The average Bonchev–Trinajstić information content (AvgIpc) is 3.33. The molecule has 1 N–H and O–H groups in total. The van der Waals surface area contributed by atoms with Gasteiger partial charge in [-0.05, 0) is 56.4 Å². The van der Waals surface area contributed by atoms with E-state index in [-0.39, 0.29) is 47.3 Å². The van der Waals surface area contributed by atoms with Crippen LogP contribution in [0, 0.1) is 28.6 Å². The standard InChI is InChI=1S/C24H32O6/c1-13-10-21(3)15(9-18(13)26)5-6-17-16-7-8-23(28,19(27)12-29-14(2)25)22(16,4)11-20-24(17,21)30-20/h9,13,16-17,20,28H,5-8,10-12H2,1-4H3/t13-,16-,17+,20+,21+,22-,23+,24+/m1/s1. The fourth-order valence-electron chi connectivity index (χ4n) is 8.09. The maximum absolute atomic E-state index is 13.0. The number of hydrogen-bond donors (Lipinski definition) is 1. The Morgan fingerprint density at radius 3 is 2.67 bits per heavy atom. The molecular weight excluding hydrogens is 384 g/mol. The molecule has 6 heteroatoms. The molecule has 1 heterocycles. The van der Waals surface area contributed by atoms with Crippen molar-refractivity contribution in [2.24, 2.45) is 28.6 Å². The van der Waals surface area contributed by atoms with E-state index in [0.717, 1.165) is 25.7 Å². The molecule has 4 fully saturated rings. The van der Waals surface area contributed by atoms with Crippen LogP contribution in [0.1, 0.15) is 66.2 Å². The van der Waals surface area contributed by atoms with Crippen molar-refractivity contribution in [3.63, 3.8) is 0 Å². The van der Waals surface area contributed by atoms with E-state index in [1.807, 2.05) is 19.9 Å². The summed E-state index contributed by atoms with van der Waals surface area (Å²) in [5.41, 5.74) is -1.28. The van der Waals surface area contributed by atoms with Crippen LogP contribution in [0.3, 0.4) is 0 Å². The first-order chi connectivity index (χ1) is 14.0. The lowest BCUT2D eigenvalue weighted by Gasteiger charge is -2.57. The van der Waals surface area contributed by atoms with Crippen molar-refractivity contribution in [2.75, 3.05) is 6.61 Å². The summed E-state index contributed by atoms with van der Waals surface area (Å²) in [4.78, 5) is 36.5. The van der Waals surface area contributed by atoms with Crippen molar-refractivity contribution in [1.82, 2.24) is 0 Å². The quantitative estimate of drug-likeness (QED) is 0.562. The van der Waals surface area contributed by atoms with Gasteiger partial charge < -0.3 is 14.6 Å². The fourth-order valence-corrected chi connectivity index (χ4v) is 8.09. The zero-order valence-corrected chi connectivity index (χ0v) is 18.3.